The Morgan fingerprint density at radius 1 is 1.05 bits per heavy atom. The van der Waals surface area contributed by atoms with E-state index in [-0.39, 0.29) is 30.4 Å². The normalized spacial score (nSPS) is 15.2. The van der Waals surface area contributed by atoms with Crippen LogP contribution < -0.4 is 4.90 Å². The highest BCUT2D eigenvalue weighted by molar-refractivity contribution is 7.89. The first kappa shape index (κ1) is 26.3. The molecule has 4 aromatic rings. The van der Waals surface area contributed by atoms with E-state index in [0.29, 0.717) is 29.7 Å². The average molecular weight is 557 g/mol. The van der Waals surface area contributed by atoms with Crippen molar-refractivity contribution in [3.8, 4) is 0 Å². The summed E-state index contributed by atoms with van der Waals surface area (Å²) in [5.41, 5.74) is 3.67. The fraction of sp³-hybridized carbons (Fsp3) is 0.296. The molecule has 0 radical (unpaired) electrons. The van der Waals surface area contributed by atoms with Crippen LogP contribution in [0.2, 0.25) is 0 Å². The third kappa shape index (κ3) is 5.05. The monoisotopic (exact) mass is 556 g/mol. The van der Waals surface area contributed by atoms with Crippen molar-refractivity contribution in [2.75, 3.05) is 18.0 Å². The van der Waals surface area contributed by atoms with Crippen LogP contribution in [-0.4, -0.2) is 41.7 Å². The number of aryl methyl sites for hydroxylation is 2. The standard InChI is InChI=1S/C27H26F2N4O3S2/c1-17-6-7-18(2)25-24(17)31-27(37-25)33(16-20-5-3-4-12-30-20)26(34)19-10-13-32(14-11-19)38(35,36)21-8-9-22(28)23(29)15-21/h3-9,12,15,19H,10-11,13-14,16H2,1-2H3. The Morgan fingerprint density at radius 2 is 1.79 bits per heavy atom. The maximum absolute atomic E-state index is 13.9. The summed E-state index contributed by atoms with van der Waals surface area (Å²) in [7, 11) is -4.02. The summed E-state index contributed by atoms with van der Waals surface area (Å²) in [5, 5.41) is 0.574. The minimum atomic E-state index is -4.02. The van der Waals surface area contributed by atoms with Crippen LogP contribution >= 0.6 is 11.3 Å². The number of anilines is 1. The molecule has 1 amide bonds. The fourth-order valence-corrected chi connectivity index (χ4v) is 7.21. The van der Waals surface area contributed by atoms with Crippen molar-refractivity contribution in [2.24, 2.45) is 5.92 Å². The highest BCUT2D eigenvalue weighted by Gasteiger charge is 2.35. The predicted octanol–water partition coefficient (Wildman–Crippen LogP) is 5.22. The van der Waals surface area contributed by atoms with E-state index in [1.165, 1.54) is 15.6 Å². The second-order valence-electron chi connectivity index (χ2n) is 9.37. The zero-order valence-corrected chi connectivity index (χ0v) is 22.5. The molecular weight excluding hydrogens is 530 g/mol. The Morgan fingerprint density at radius 3 is 2.45 bits per heavy atom. The first-order valence-corrected chi connectivity index (χ1v) is 14.4. The van der Waals surface area contributed by atoms with E-state index in [1.54, 1.807) is 11.1 Å². The number of halogens is 2. The topological polar surface area (TPSA) is 83.5 Å². The van der Waals surface area contributed by atoms with Crippen LogP contribution in [0, 0.1) is 31.4 Å². The molecule has 7 nitrogen and oxygen atoms in total. The molecule has 1 saturated heterocycles. The lowest BCUT2D eigenvalue weighted by atomic mass is 9.96. The fourth-order valence-electron chi connectivity index (χ4n) is 4.61. The highest BCUT2D eigenvalue weighted by Crippen LogP contribution is 2.35. The van der Waals surface area contributed by atoms with Crippen LogP contribution in [0.4, 0.5) is 13.9 Å². The van der Waals surface area contributed by atoms with Crippen LogP contribution in [0.25, 0.3) is 10.2 Å². The number of pyridine rings is 1. The number of hydrogen-bond acceptors (Lipinski definition) is 6. The van der Waals surface area contributed by atoms with Crippen LogP contribution in [0.3, 0.4) is 0 Å². The molecular formula is C27H26F2N4O3S2. The number of hydrogen-bond donors (Lipinski definition) is 0. The Hall–Kier alpha value is -3.28. The van der Waals surface area contributed by atoms with Crippen LogP contribution in [0.15, 0.2) is 59.6 Å². The molecule has 0 aliphatic carbocycles. The lowest BCUT2D eigenvalue weighted by Crippen LogP contribution is -2.44. The van der Waals surface area contributed by atoms with Gasteiger partial charge in [-0.15, -0.1) is 0 Å². The Kier molecular flexibility index (Phi) is 7.26. The van der Waals surface area contributed by atoms with Gasteiger partial charge in [-0.05, 0) is 68.1 Å². The van der Waals surface area contributed by atoms with Crippen molar-refractivity contribution in [1.82, 2.24) is 14.3 Å². The van der Waals surface area contributed by atoms with Crippen LogP contribution in [0.1, 0.15) is 29.7 Å². The maximum atomic E-state index is 13.9. The van der Waals surface area contributed by atoms with Gasteiger partial charge in [-0.1, -0.05) is 29.5 Å². The van der Waals surface area contributed by atoms with E-state index in [2.05, 4.69) is 4.98 Å². The number of rotatable bonds is 6. The van der Waals surface area contributed by atoms with Gasteiger partial charge in [0.25, 0.3) is 0 Å². The molecule has 38 heavy (non-hydrogen) atoms. The zero-order valence-electron chi connectivity index (χ0n) is 20.9. The van der Waals surface area contributed by atoms with E-state index in [4.69, 9.17) is 4.98 Å². The number of carbonyl (C=O) groups excluding carboxylic acids is 1. The lowest BCUT2D eigenvalue weighted by Gasteiger charge is -2.33. The number of carbonyl (C=O) groups is 1. The Balaban J connectivity index is 1.39. The van der Waals surface area contributed by atoms with E-state index in [1.807, 2.05) is 44.2 Å². The average Bonchev–Trinajstić information content (AvgIpc) is 3.38. The highest BCUT2D eigenvalue weighted by atomic mass is 32.2. The largest absolute Gasteiger partial charge is 0.282 e. The van der Waals surface area contributed by atoms with Gasteiger partial charge in [0.15, 0.2) is 16.8 Å². The lowest BCUT2D eigenvalue weighted by molar-refractivity contribution is -0.123. The third-order valence-corrected chi connectivity index (χ3v) is 9.91. The van der Waals surface area contributed by atoms with E-state index < -0.39 is 27.6 Å². The number of thiazole rings is 1. The molecule has 2 aromatic heterocycles. The zero-order chi connectivity index (χ0) is 27.0. The van der Waals surface area contributed by atoms with Gasteiger partial charge in [-0.3, -0.25) is 14.7 Å². The molecule has 5 rings (SSSR count). The maximum Gasteiger partial charge on any atom is 0.243 e. The second kappa shape index (κ2) is 10.5. The first-order chi connectivity index (χ1) is 18.1. The Bertz CT molecular complexity index is 1560. The Labute approximate surface area is 223 Å². The quantitative estimate of drug-likeness (QED) is 0.325. The van der Waals surface area contributed by atoms with Crippen molar-refractivity contribution in [2.45, 2.75) is 38.1 Å². The van der Waals surface area contributed by atoms with E-state index >= 15 is 0 Å². The van der Waals surface area contributed by atoms with Gasteiger partial charge in [0.05, 0.1) is 27.4 Å². The summed E-state index contributed by atoms with van der Waals surface area (Å²) >= 11 is 1.46. The third-order valence-electron chi connectivity index (χ3n) is 6.81. The first-order valence-electron chi connectivity index (χ1n) is 12.2. The molecule has 0 bridgehead atoms. The predicted molar refractivity (Wildman–Crippen MR) is 142 cm³/mol. The van der Waals surface area contributed by atoms with Crippen molar-refractivity contribution in [3.63, 3.8) is 0 Å². The van der Waals surface area contributed by atoms with Crippen LogP contribution in [-0.2, 0) is 21.4 Å². The number of sulfonamides is 1. The van der Waals surface area contributed by atoms with Gasteiger partial charge in [0, 0.05) is 25.2 Å². The smallest absolute Gasteiger partial charge is 0.243 e. The molecule has 11 heteroatoms. The number of piperidine rings is 1. The molecule has 0 N–H and O–H groups in total. The minimum absolute atomic E-state index is 0.0905. The van der Waals surface area contributed by atoms with Crippen molar-refractivity contribution in [1.29, 1.82) is 0 Å². The molecule has 0 spiro atoms. The summed E-state index contributed by atoms with van der Waals surface area (Å²) in [5.74, 6) is -2.90. The summed E-state index contributed by atoms with van der Waals surface area (Å²) in [6.07, 6.45) is 2.26. The molecule has 0 saturated carbocycles. The van der Waals surface area contributed by atoms with Crippen molar-refractivity contribution < 1.29 is 22.0 Å². The summed E-state index contributed by atoms with van der Waals surface area (Å²) in [6, 6.07) is 12.1. The molecule has 3 heterocycles. The van der Waals surface area contributed by atoms with Crippen molar-refractivity contribution in [3.05, 3.63) is 83.2 Å². The number of benzene rings is 2. The summed E-state index contributed by atoms with van der Waals surface area (Å²) < 4.78 is 55.3. The molecule has 0 atom stereocenters. The molecule has 1 fully saturated rings. The number of nitrogens with zero attached hydrogens (tertiary/aromatic N) is 4. The van der Waals surface area contributed by atoms with Crippen molar-refractivity contribution >= 4 is 42.6 Å². The van der Waals surface area contributed by atoms with Gasteiger partial charge in [-0.25, -0.2) is 22.2 Å². The molecule has 0 unspecified atom stereocenters. The van der Waals surface area contributed by atoms with Gasteiger partial charge in [0.1, 0.15) is 0 Å². The SMILES string of the molecule is Cc1ccc(C)c2sc(N(Cc3ccccn3)C(=O)C3CCN(S(=O)(=O)c4ccc(F)c(F)c4)CC3)nc12. The van der Waals surface area contributed by atoms with Gasteiger partial charge in [0.2, 0.25) is 15.9 Å². The van der Waals surface area contributed by atoms with E-state index in [0.717, 1.165) is 33.5 Å². The van der Waals surface area contributed by atoms with E-state index in [9.17, 15) is 22.0 Å². The van der Waals surface area contributed by atoms with Gasteiger partial charge in [-0.2, -0.15) is 4.31 Å². The van der Waals surface area contributed by atoms with Crippen LogP contribution in [0.5, 0.6) is 0 Å². The summed E-state index contributed by atoms with van der Waals surface area (Å²) in [6.45, 7) is 4.42. The summed E-state index contributed by atoms with van der Waals surface area (Å²) in [4.78, 5) is 24.4. The van der Waals surface area contributed by atoms with Gasteiger partial charge < -0.3 is 0 Å². The molecule has 2 aromatic carbocycles. The number of amides is 1. The van der Waals surface area contributed by atoms with Gasteiger partial charge >= 0.3 is 0 Å². The minimum Gasteiger partial charge on any atom is -0.282 e. The molecule has 198 valence electrons. The number of aromatic nitrogens is 2. The molecule has 1 aliphatic heterocycles. The second-order valence-corrected chi connectivity index (χ2v) is 12.3. The number of fused-ring (bicyclic) bond motifs is 1. The molecule has 1 aliphatic rings.